The van der Waals surface area contributed by atoms with Crippen molar-refractivity contribution in [3.05, 3.63) is 66.0 Å². The largest absolute Gasteiger partial charge is 0.302 e. The number of hydrogen-bond donors (Lipinski definition) is 0. The molecule has 0 amide bonds. The average molecular weight is 313 g/mol. The third kappa shape index (κ3) is 3.20. The van der Waals surface area contributed by atoms with Crippen molar-refractivity contribution < 1.29 is 4.39 Å². The van der Waals surface area contributed by atoms with E-state index in [9.17, 15) is 4.39 Å². The summed E-state index contributed by atoms with van der Waals surface area (Å²) in [4.78, 5) is 0. The first-order chi connectivity index (χ1) is 10.8. The molecule has 0 atom stereocenters. The Kier molecular flexibility index (Phi) is 4.53. The van der Waals surface area contributed by atoms with Crippen molar-refractivity contribution in [2.45, 2.75) is 24.4 Å². The summed E-state index contributed by atoms with van der Waals surface area (Å²) in [5, 5.41) is 9.44. The summed E-state index contributed by atoms with van der Waals surface area (Å²) < 4.78 is 15.3. The van der Waals surface area contributed by atoms with Crippen molar-refractivity contribution in [1.29, 1.82) is 0 Å². The van der Waals surface area contributed by atoms with Gasteiger partial charge in [0.2, 0.25) is 0 Å². The molecule has 0 aliphatic carbocycles. The van der Waals surface area contributed by atoms with Gasteiger partial charge in [0.1, 0.15) is 5.82 Å². The van der Waals surface area contributed by atoms with Crippen LogP contribution in [0.2, 0.25) is 0 Å². The summed E-state index contributed by atoms with van der Waals surface area (Å²) >= 11 is 1.57. The van der Waals surface area contributed by atoms with Gasteiger partial charge < -0.3 is 4.57 Å². The van der Waals surface area contributed by atoms with E-state index in [2.05, 4.69) is 21.7 Å². The number of aromatic nitrogens is 3. The van der Waals surface area contributed by atoms with Crippen LogP contribution in [0.25, 0.3) is 11.4 Å². The first kappa shape index (κ1) is 14.8. The number of halogens is 1. The summed E-state index contributed by atoms with van der Waals surface area (Å²) in [5.74, 6) is 1.33. The van der Waals surface area contributed by atoms with E-state index in [0.29, 0.717) is 5.75 Å². The van der Waals surface area contributed by atoms with Crippen LogP contribution in [-0.4, -0.2) is 14.8 Å². The first-order valence-electron chi connectivity index (χ1n) is 7.14. The Balaban J connectivity index is 1.81. The fraction of sp³-hybridized carbons (Fsp3) is 0.176. The lowest BCUT2D eigenvalue weighted by molar-refractivity contribution is 0.626. The van der Waals surface area contributed by atoms with Crippen molar-refractivity contribution in [3.8, 4) is 11.4 Å². The topological polar surface area (TPSA) is 30.7 Å². The van der Waals surface area contributed by atoms with Crippen molar-refractivity contribution in [2.24, 2.45) is 0 Å². The van der Waals surface area contributed by atoms with Crippen LogP contribution in [0.1, 0.15) is 12.5 Å². The molecule has 0 N–H and O–H groups in total. The Bertz CT molecular complexity index is 756. The maximum Gasteiger partial charge on any atom is 0.191 e. The van der Waals surface area contributed by atoms with E-state index >= 15 is 0 Å². The number of benzene rings is 2. The standard InChI is InChI=1S/C17H16FN3S/c1-2-21-16(14-8-4-3-5-9-14)19-20-17(21)22-12-13-7-6-10-15(18)11-13/h3-11H,2,12H2,1H3. The Morgan fingerprint density at radius 1 is 1.05 bits per heavy atom. The highest BCUT2D eigenvalue weighted by Gasteiger charge is 2.12. The van der Waals surface area contributed by atoms with Crippen molar-refractivity contribution in [1.82, 2.24) is 14.8 Å². The number of nitrogens with zero attached hydrogens (tertiary/aromatic N) is 3. The maximum atomic E-state index is 13.2. The predicted molar refractivity (Wildman–Crippen MR) is 87.1 cm³/mol. The molecule has 0 aliphatic heterocycles. The zero-order valence-electron chi connectivity index (χ0n) is 12.2. The van der Waals surface area contributed by atoms with Gasteiger partial charge in [-0.1, -0.05) is 54.2 Å². The molecule has 3 nitrogen and oxygen atoms in total. The number of rotatable bonds is 5. The Hall–Kier alpha value is -2.14. The number of thioether (sulfide) groups is 1. The van der Waals surface area contributed by atoms with Crippen LogP contribution >= 0.6 is 11.8 Å². The maximum absolute atomic E-state index is 13.2. The van der Waals surface area contributed by atoms with E-state index in [1.807, 2.05) is 36.4 Å². The van der Waals surface area contributed by atoms with Crippen LogP contribution in [0.15, 0.2) is 59.8 Å². The van der Waals surface area contributed by atoms with Gasteiger partial charge in [0.25, 0.3) is 0 Å². The highest BCUT2D eigenvalue weighted by molar-refractivity contribution is 7.98. The second-order valence-electron chi connectivity index (χ2n) is 4.84. The predicted octanol–water partition coefficient (Wildman–Crippen LogP) is 4.40. The molecular weight excluding hydrogens is 297 g/mol. The molecule has 0 bridgehead atoms. The lowest BCUT2D eigenvalue weighted by Gasteiger charge is -2.07. The second kappa shape index (κ2) is 6.75. The van der Waals surface area contributed by atoms with Gasteiger partial charge in [-0.15, -0.1) is 10.2 Å². The lowest BCUT2D eigenvalue weighted by Crippen LogP contribution is -1.99. The van der Waals surface area contributed by atoms with Gasteiger partial charge in [-0.25, -0.2) is 4.39 Å². The van der Waals surface area contributed by atoms with E-state index in [0.717, 1.165) is 28.7 Å². The molecule has 3 rings (SSSR count). The fourth-order valence-electron chi connectivity index (χ4n) is 2.26. The van der Waals surface area contributed by atoms with Gasteiger partial charge in [-0.05, 0) is 24.6 Å². The molecule has 22 heavy (non-hydrogen) atoms. The van der Waals surface area contributed by atoms with Gasteiger partial charge in [-0.2, -0.15) is 0 Å². The third-order valence-electron chi connectivity index (χ3n) is 3.32. The molecule has 112 valence electrons. The minimum Gasteiger partial charge on any atom is -0.302 e. The summed E-state index contributed by atoms with van der Waals surface area (Å²) in [6.45, 7) is 2.87. The minimum absolute atomic E-state index is 0.208. The van der Waals surface area contributed by atoms with E-state index in [1.54, 1.807) is 23.9 Å². The third-order valence-corrected chi connectivity index (χ3v) is 4.36. The van der Waals surface area contributed by atoms with Crippen LogP contribution in [-0.2, 0) is 12.3 Å². The number of hydrogen-bond acceptors (Lipinski definition) is 3. The quantitative estimate of drug-likeness (QED) is 0.654. The molecule has 0 unspecified atom stereocenters. The summed E-state index contributed by atoms with van der Waals surface area (Å²) in [6.07, 6.45) is 0. The van der Waals surface area contributed by atoms with Crippen LogP contribution in [0.4, 0.5) is 4.39 Å². The first-order valence-corrected chi connectivity index (χ1v) is 8.12. The smallest absolute Gasteiger partial charge is 0.191 e. The molecule has 0 saturated carbocycles. The average Bonchev–Trinajstić information content (AvgIpc) is 2.97. The molecule has 5 heteroatoms. The van der Waals surface area contributed by atoms with Crippen LogP contribution < -0.4 is 0 Å². The van der Waals surface area contributed by atoms with Crippen molar-refractivity contribution >= 4 is 11.8 Å². The molecule has 2 aromatic carbocycles. The molecule has 0 radical (unpaired) electrons. The summed E-state index contributed by atoms with van der Waals surface area (Å²) in [7, 11) is 0. The van der Waals surface area contributed by atoms with E-state index in [4.69, 9.17) is 0 Å². The van der Waals surface area contributed by atoms with Gasteiger partial charge in [0, 0.05) is 17.9 Å². The molecule has 1 aromatic heterocycles. The zero-order valence-corrected chi connectivity index (χ0v) is 13.1. The lowest BCUT2D eigenvalue weighted by atomic mass is 10.2. The highest BCUT2D eigenvalue weighted by atomic mass is 32.2. The van der Waals surface area contributed by atoms with Crippen molar-refractivity contribution in [3.63, 3.8) is 0 Å². The molecule has 0 aliphatic rings. The second-order valence-corrected chi connectivity index (χ2v) is 5.78. The Labute approximate surface area is 133 Å². The highest BCUT2D eigenvalue weighted by Crippen LogP contribution is 2.26. The van der Waals surface area contributed by atoms with E-state index < -0.39 is 0 Å². The molecule has 3 aromatic rings. The van der Waals surface area contributed by atoms with Crippen LogP contribution in [0.5, 0.6) is 0 Å². The van der Waals surface area contributed by atoms with E-state index in [-0.39, 0.29) is 5.82 Å². The molecule has 0 fully saturated rings. The Morgan fingerprint density at radius 3 is 2.59 bits per heavy atom. The van der Waals surface area contributed by atoms with E-state index in [1.165, 1.54) is 6.07 Å². The molecule has 0 saturated heterocycles. The summed E-state index contributed by atoms with van der Waals surface area (Å²) in [5.41, 5.74) is 1.99. The molecule has 0 spiro atoms. The minimum atomic E-state index is -0.208. The normalized spacial score (nSPS) is 10.8. The van der Waals surface area contributed by atoms with Gasteiger partial charge >= 0.3 is 0 Å². The summed E-state index contributed by atoms with van der Waals surface area (Å²) in [6, 6.07) is 16.7. The Morgan fingerprint density at radius 2 is 1.86 bits per heavy atom. The van der Waals surface area contributed by atoms with Crippen LogP contribution in [0, 0.1) is 5.82 Å². The molecular formula is C17H16FN3S. The monoisotopic (exact) mass is 313 g/mol. The van der Waals surface area contributed by atoms with Gasteiger partial charge in [0.05, 0.1) is 0 Å². The molecule has 1 heterocycles. The van der Waals surface area contributed by atoms with Gasteiger partial charge in [0.15, 0.2) is 11.0 Å². The fourth-order valence-corrected chi connectivity index (χ4v) is 3.20. The zero-order chi connectivity index (χ0) is 15.4. The van der Waals surface area contributed by atoms with Crippen molar-refractivity contribution in [2.75, 3.05) is 0 Å². The van der Waals surface area contributed by atoms with Gasteiger partial charge in [-0.3, -0.25) is 0 Å². The van der Waals surface area contributed by atoms with Crippen LogP contribution in [0.3, 0.4) is 0 Å². The SMILES string of the molecule is CCn1c(SCc2cccc(F)c2)nnc1-c1ccccc1.